The van der Waals surface area contributed by atoms with Crippen LogP contribution < -0.4 is 0 Å². The molecule has 0 atom stereocenters. The molecule has 2 rings (SSSR count). The molecule has 9 nitrogen and oxygen atoms in total. The van der Waals surface area contributed by atoms with E-state index >= 15 is 0 Å². The van der Waals surface area contributed by atoms with Gasteiger partial charge >= 0.3 is 5.97 Å². The molecular formula is C9H6FN5O4S. The summed E-state index contributed by atoms with van der Waals surface area (Å²) < 4.78 is 14.8. The fraction of sp³-hybridized carbons (Fsp3) is 0.111. The van der Waals surface area contributed by atoms with Crippen LogP contribution in [0.5, 0.6) is 0 Å². The molecule has 0 spiro atoms. The maximum absolute atomic E-state index is 13.6. The molecule has 0 aliphatic carbocycles. The highest BCUT2D eigenvalue weighted by atomic mass is 32.2. The maximum Gasteiger partial charge on any atom is 0.338 e. The van der Waals surface area contributed by atoms with Crippen LogP contribution in [0.3, 0.4) is 0 Å². The Morgan fingerprint density at radius 1 is 1.55 bits per heavy atom. The Balaban J connectivity index is 2.52. The van der Waals surface area contributed by atoms with E-state index in [1.807, 2.05) is 0 Å². The van der Waals surface area contributed by atoms with Crippen LogP contribution in [0.15, 0.2) is 22.2 Å². The summed E-state index contributed by atoms with van der Waals surface area (Å²) in [6, 6.07) is 1.45. The largest absolute Gasteiger partial charge is 0.478 e. The number of carboxylic acid groups (broad SMARTS) is 1. The zero-order valence-electron chi connectivity index (χ0n) is 9.85. The standard InChI is InChI=1S/C9H6FN5O4S/c1-14-9(11-12-13-14)20-7-3-5(10)4(8(16)17)2-6(7)15(18)19/h2-3H,1H3,(H,16,17). The Kier molecular flexibility index (Phi) is 3.61. The van der Waals surface area contributed by atoms with Crippen molar-refractivity contribution in [1.82, 2.24) is 20.2 Å². The van der Waals surface area contributed by atoms with Gasteiger partial charge in [0.1, 0.15) is 11.4 Å². The van der Waals surface area contributed by atoms with Gasteiger partial charge < -0.3 is 5.11 Å². The number of carboxylic acids is 1. The molecule has 0 saturated carbocycles. The molecule has 1 heterocycles. The number of nitro benzene ring substituents is 1. The first-order valence-electron chi connectivity index (χ1n) is 5.01. The Bertz CT molecular complexity index is 704. The third-order valence-corrected chi connectivity index (χ3v) is 3.33. The van der Waals surface area contributed by atoms with E-state index < -0.39 is 28.0 Å². The fourth-order valence-electron chi connectivity index (χ4n) is 1.34. The van der Waals surface area contributed by atoms with E-state index in [0.717, 1.165) is 17.8 Å². The van der Waals surface area contributed by atoms with Crippen molar-refractivity contribution in [2.75, 3.05) is 0 Å². The van der Waals surface area contributed by atoms with Crippen LogP contribution in [-0.2, 0) is 7.05 Å². The van der Waals surface area contributed by atoms with Crippen molar-refractivity contribution >= 4 is 23.4 Å². The van der Waals surface area contributed by atoms with Crippen LogP contribution in [0.4, 0.5) is 10.1 Å². The zero-order valence-corrected chi connectivity index (χ0v) is 10.7. The molecule has 0 aliphatic rings. The van der Waals surface area contributed by atoms with E-state index in [4.69, 9.17) is 5.11 Å². The number of hydrogen-bond acceptors (Lipinski definition) is 7. The predicted octanol–water partition coefficient (Wildman–Crippen LogP) is 1.11. The van der Waals surface area contributed by atoms with Crippen LogP contribution in [-0.4, -0.2) is 36.2 Å². The van der Waals surface area contributed by atoms with E-state index in [2.05, 4.69) is 15.5 Å². The minimum atomic E-state index is -1.58. The second kappa shape index (κ2) is 5.21. The van der Waals surface area contributed by atoms with E-state index in [1.54, 1.807) is 0 Å². The average Bonchev–Trinajstić information content (AvgIpc) is 2.74. The first-order valence-corrected chi connectivity index (χ1v) is 5.83. The lowest BCUT2D eigenvalue weighted by Gasteiger charge is -2.04. The van der Waals surface area contributed by atoms with Crippen molar-refractivity contribution in [3.63, 3.8) is 0 Å². The van der Waals surface area contributed by atoms with Crippen molar-refractivity contribution in [1.29, 1.82) is 0 Å². The summed E-state index contributed by atoms with van der Waals surface area (Å²) in [5, 5.41) is 30.4. The second-order valence-electron chi connectivity index (χ2n) is 3.55. The predicted molar refractivity (Wildman–Crippen MR) is 62.9 cm³/mol. The fourth-order valence-corrected chi connectivity index (χ4v) is 2.18. The topological polar surface area (TPSA) is 124 Å². The van der Waals surface area contributed by atoms with Crippen LogP contribution in [0.2, 0.25) is 0 Å². The summed E-state index contributed by atoms with van der Waals surface area (Å²) in [6.07, 6.45) is 0. The number of nitro groups is 1. The molecule has 0 radical (unpaired) electrons. The zero-order chi connectivity index (χ0) is 14.9. The molecule has 1 N–H and O–H groups in total. The number of aryl methyl sites for hydroxylation is 1. The summed E-state index contributed by atoms with van der Waals surface area (Å²) in [4.78, 5) is 20.8. The first-order chi connectivity index (χ1) is 9.40. The van der Waals surface area contributed by atoms with Crippen LogP contribution in [0, 0.1) is 15.9 Å². The number of hydrogen-bond donors (Lipinski definition) is 1. The van der Waals surface area contributed by atoms with Gasteiger partial charge in [-0.2, -0.15) is 0 Å². The lowest BCUT2D eigenvalue weighted by molar-refractivity contribution is -0.387. The van der Waals surface area contributed by atoms with E-state index in [1.165, 1.54) is 11.7 Å². The van der Waals surface area contributed by atoms with E-state index in [9.17, 15) is 19.3 Å². The van der Waals surface area contributed by atoms with E-state index in [-0.39, 0.29) is 10.1 Å². The van der Waals surface area contributed by atoms with Crippen molar-refractivity contribution in [3.05, 3.63) is 33.6 Å². The van der Waals surface area contributed by atoms with Gasteiger partial charge in [0, 0.05) is 13.1 Å². The summed E-state index contributed by atoms with van der Waals surface area (Å²) in [5.74, 6) is -2.65. The van der Waals surface area contributed by atoms with Gasteiger partial charge in [0.25, 0.3) is 5.69 Å². The number of benzene rings is 1. The highest BCUT2D eigenvalue weighted by Crippen LogP contribution is 2.35. The molecule has 0 unspecified atom stereocenters. The third kappa shape index (κ3) is 2.56. The van der Waals surface area contributed by atoms with Gasteiger partial charge in [-0.05, 0) is 28.3 Å². The Labute approximate surface area is 114 Å². The number of aromatic nitrogens is 4. The highest BCUT2D eigenvalue weighted by molar-refractivity contribution is 7.99. The summed E-state index contributed by atoms with van der Waals surface area (Å²) in [7, 11) is 1.51. The summed E-state index contributed by atoms with van der Waals surface area (Å²) >= 11 is 0.763. The molecule has 2 aromatic rings. The van der Waals surface area contributed by atoms with Gasteiger partial charge in [-0.15, -0.1) is 5.10 Å². The van der Waals surface area contributed by atoms with Gasteiger partial charge in [-0.3, -0.25) is 10.1 Å². The number of aromatic carboxylic acids is 1. The Hall–Kier alpha value is -2.56. The van der Waals surface area contributed by atoms with Gasteiger partial charge in [0.05, 0.1) is 9.82 Å². The smallest absolute Gasteiger partial charge is 0.338 e. The number of rotatable bonds is 4. The van der Waals surface area contributed by atoms with E-state index in [0.29, 0.717) is 6.07 Å². The van der Waals surface area contributed by atoms with Crippen LogP contribution in [0.1, 0.15) is 10.4 Å². The molecule has 1 aromatic heterocycles. The Morgan fingerprint density at radius 2 is 2.25 bits per heavy atom. The van der Waals surface area contributed by atoms with Crippen molar-refractivity contribution in [2.45, 2.75) is 10.1 Å². The number of tetrazole rings is 1. The summed E-state index contributed by atoms with van der Waals surface area (Å²) in [5.41, 5.74) is -1.30. The molecule has 1 aromatic carbocycles. The molecule has 0 amide bonds. The number of halogens is 1. The first kappa shape index (κ1) is 13.9. The highest BCUT2D eigenvalue weighted by Gasteiger charge is 2.23. The normalized spacial score (nSPS) is 10.5. The van der Waals surface area contributed by atoms with Crippen LogP contribution >= 0.6 is 11.8 Å². The van der Waals surface area contributed by atoms with Crippen LogP contribution in [0.25, 0.3) is 0 Å². The van der Waals surface area contributed by atoms with Crippen molar-refractivity contribution in [3.8, 4) is 0 Å². The lowest BCUT2D eigenvalue weighted by atomic mass is 10.2. The quantitative estimate of drug-likeness (QED) is 0.657. The molecule has 0 bridgehead atoms. The number of carbonyl (C=O) groups is 1. The van der Waals surface area contributed by atoms with Gasteiger partial charge in [0.15, 0.2) is 0 Å². The molecule has 0 aliphatic heterocycles. The monoisotopic (exact) mass is 299 g/mol. The lowest BCUT2D eigenvalue weighted by Crippen LogP contribution is -2.03. The third-order valence-electron chi connectivity index (χ3n) is 2.26. The van der Waals surface area contributed by atoms with Crippen molar-refractivity contribution in [2.24, 2.45) is 7.05 Å². The molecule has 0 fully saturated rings. The molecule has 20 heavy (non-hydrogen) atoms. The van der Waals surface area contributed by atoms with Crippen molar-refractivity contribution < 1.29 is 19.2 Å². The Morgan fingerprint density at radius 3 is 2.75 bits per heavy atom. The van der Waals surface area contributed by atoms with Gasteiger partial charge in [-0.25, -0.2) is 13.9 Å². The SMILES string of the molecule is Cn1nnnc1Sc1cc(F)c(C(=O)O)cc1[N+](=O)[O-]. The summed E-state index contributed by atoms with van der Waals surface area (Å²) in [6.45, 7) is 0. The molecule has 104 valence electrons. The average molecular weight is 299 g/mol. The second-order valence-corrected chi connectivity index (χ2v) is 4.56. The molecular weight excluding hydrogens is 293 g/mol. The minimum absolute atomic E-state index is 0.0876. The molecule has 0 saturated heterocycles. The van der Waals surface area contributed by atoms with Gasteiger partial charge in [0.2, 0.25) is 5.16 Å². The number of nitrogens with zero attached hydrogens (tertiary/aromatic N) is 5. The minimum Gasteiger partial charge on any atom is -0.478 e. The maximum atomic E-state index is 13.6. The van der Waals surface area contributed by atoms with Gasteiger partial charge in [-0.1, -0.05) is 0 Å². The molecule has 11 heteroatoms.